The molecule has 4 nitrogen and oxygen atoms in total. The summed E-state index contributed by atoms with van der Waals surface area (Å²) in [5.74, 6) is 0.964. The number of nitrogens with zero attached hydrogens (tertiary/aromatic N) is 1. The first-order valence-electron chi connectivity index (χ1n) is 7.97. The third kappa shape index (κ3) is 4.81. The Morgan fingerprint density at radius 3 is 2.83 bits per heavy atom. The molecule has 1 fully saturated rings. The maximum atomic E-state index is 12.2. The number of hydrogen-bond acceptors (Lipinski definition) is 4. The van der Waals surface area contributed by atoms with Gasteiger partial charge in [0.15, 0.2) is 0 Å². The summed E-state index contributed by atoms with van der Waals surface area (Å²) in [4.78, 5) is 17.5. The molecule has 3 rings (SSSR count). The SMILES string of the molecule is O=C(Nc1ccc(SCc2cccnc2)cc1)[C@H]1CCCCN1. The van der Waals surface area contributed by atoms with Crippen LogP contribution < -0.4 is 10.6 Å². The highest BCUT2D eigenvalue weighted by Gasteiger charge is 2.20. The first kappa shape index (κ1) is 16.0. The van der Waals surface area contributed by atoms with Crippen molar-refractivity contribution < 1.29 is 4.79 Å². The molecular weight excluding hydrogens is 306 g/mol. The summed E-state index contributed by atoms with van der Waals surface area (Å²) in [5, 5.41) is 6.26. The highest BCUT2D eigenvalue weighted by molar-refractivity contribution is 7.98. The van der Waals surface area contributed by atoms with E-state index in [9.17, 15) is 4.79 Å². The molecule has 1 amide bonds. The predicted molar refractivity (Wildman–Crippen MR) is 94.5 cm³/mol. The van der Waals surface area contributed by atoms with E-state index in [1.807, 2.05) is 36.5 Å². The minimum Gasteiger partial charge on any atom is -0.325 e. The molecule has 1 aromatic carbocycles. The normalized spacial score (nSPS) is 17.7. The van der Waals surface area contributed by atoms with Crippen molar-refractivity contribution in [3.05, 3.63) is 54.4 Å². The number of thioether (sulfide) groups is 1. The molecule has 2 heterocycles. The molecule has 23 heavy (non-hydrogen) atoms. The lowest BCUT2D eigenvalue weighted by atomic mass is 10.0. The number of pyridine rings is 1. The summed E-state index contributed by atoms with van der Waals surface area (Å²) in [6.45, 7) is 0.933. The van der Waals surface area contributed by atoms with Crippen LogP contribution in [-0.4, -0.2) is 23.5 Å². The summed E-state index contributed by atoms with van der Waals surface area (Å²) < 4.78 is 0. The number of hydrogen-bond donors (Lipinski definition) is 2. The van der Waals surface area contributed by atoms with Crippen LogP contribution in [0.25, 0.3) is 0 Å². The Bertz CT molecular complexity index is 624. The van der Waals surface area contributed by atoms with Crippen LogP contribution in [0.2, 0.25) is 0 Å². The molecular formula is C18H21N3OS. The van der Waals surface area contributed by atoms with Gasteiger partial charge in [-0.1, -0.05) is 12.5 Å². The topological polar surface area (TPSA) is 54.0 Å². The number of amides is 1. The minimum absolute atomic E-state index is 0.0524. The average Bonchev–Trinajstić information content (AvgIpc) is 2.63. The highest BCUT2D eigenvalue weighted by Crippen LogP contribution is 2.24. The summed E-state index contributed by atoms with van der Waals surface area (Å²) in [6, 6.07) is 12.0. The molecule has 1 atom stereocenters. The molecule has 1 aliphatic heterocycles. The fourth-order valence-corrected chi connectivity index (χ4v) is 3.42. The Labute approximate surface area is 141 Å². The first-order chi connectivity index (χ1) is 11.3. The fraction of sp³-hybridized carbons (Fsp3) is 0.333. The molecule has 5 heteroatoms. The fourth-order valence-electron chi connectivity index (χ4n) is 2.59. The van der Waals surface area contributed by atoms with Crippen molar-refractivity contribution in [2.75, 3.05) is 11.9 Å². The van der Waals surface area contributed by atoms with Gasteiger partial charge < -0.3 is 10.6 Å². The predicted octanol–water partition coefficient (Wildman–Crippen LogP) is 3.45. The van der Waals surface area contributed by atoms with Crippen molar-refractivity contribution in [2.24, 2.45) is 0 Å². The van der Waals surface area contributed by atoms with E-state index in [4.69, 9.17) is 0 Å². The number of rotatable bonds is 5. The summed E-state index contributed by atoms with van der Waals surface area (Å²) >= 11 is 1.76. The van der Waals surface area contributed by atoms with E-state index in [0.717, 1.165) is 37.2 Å². The van der Waals surface area contributed by atoms with Gasteiger partial charge in [0.2, 0.25) is 5.91 Å². The molecule has 1 aliphatic rings. The number of piperidine rings is 1. The lowest BCUT2D eigenvalue weighted by Crippen LogP contribution is -2.43. The Hall–Kier alpha value is -1.85. The Balaban J connectivity index is 1.51. The van der Waals surface area contributed by atoms with E-state index >= 15 is 0 Å². The third-order valence-electron chi connectivity index (χ3n) is 3.88. The third-order valence-corrected chi connectivity index (χ3v) is 4.96. The molecule has 120 valence electrons. The van der Waals surface area contributed by atoms with Gasteiger partial charge in [0.25, 0.3) is 0 Å². The van der Waals surface area contributed by atoms with Gasteiger partial charge in [0, 0.05) is 28.7 Å². The number of aromatic nitrogens is 1. The van der Waals surface area contributed by atoms with Gasteiger partial charge in [-0.05, 0) is 55.3 Å². The van der Waals surface area contributed by atoms with Crippen molar-refractivity contribution in [3.63, 3.8) is 0 Å². The van der Waals surface area contributed by atoms with Gasteiger partial charge in [-0.2, -0.15) is 0 Å². The standard InChI is InChI=1S/C18H21N3OS/c22-18(17-5-1-2-11-20-17)21-15-6-8-16(9-7-15)23-13-14-4-3-10-19-12-14/h3-4,6-10,12,17,20H,1-2,5,11,13H2,(H,21,22)/t17-/m1/s1. The first-order valence-corrected chi connectivity index (χ1v) is 8.96. The number of benzene rings is 1. The average molecular weight is 327 g/mol. The summed E-state index contributed by atoms with van der Waals surface area (Å²) in [5.41, 5.74) is 2.06. The smallest absolute Gasteiger partial charge is 0.241 e. The van der Waals surface area contributed by atoms with Gasteiger partial charge in [-0.3, -0.25) is 9.78 Å². The number of carbonyl (C=O) groups is 1. The molecule has 0 saturated carbocycles. The quantitative estimate of drug-likeness (QED) is 0.826. The van der Waals surface area contributed by atoms with Gasteiger partial charge in [0.05, 0.1) is 6.04 Å². The Morgan fingerprint density at radius 1 is 1.26 bits per heavy atom. The van der Waals surface area contributed by atoms with Crippen LogP contribution in [-0.2, 0) is 10.5 Å². The van der Waals surface area contributed by atoms with Gasteiger partial charge in [0.1, 0.15) is 0 Å². The van der Waals surface area contributed by atoms with Gasteiger partial charge in [-0.15, -0.1) is 11.8 Å². The Morgan fingerprint density at radius 2 is 2.13 bits per heavy atom. The van der Waals surface area contributed by atoms with Crippen molar-refractivity contribution in [1.29, 1.82) is 0 Å². The zero-order valence-electron chi connectivity index (χ0n) is 13.0. The van der Waals surface area contributed by atoms with Crippen LogP contribution >= 0.6 is 11.8 Å². The van der Waals surface area contributed by atoms with Crippen molar-refractivity contribution in [2.45, 2.75) is 36.0 Å². The molecule has 2 aromatic rings. The summed E-state index contributed by atoms with van der Waals surface area (Å²) in [7, 11) is 0. The van der Waals surface area contributed by atoms with E-state index in [-0.39, 0.29) is 11.9 Å². The molecule has 0 unspecified atom stereocenters. The second kappa shape index (κ2) is 8.13. The molecule has 1 saturated heterocycles. The van der Waals surface area contributed by atoms with Crippen LogP contribution in [0.3, 0.4) is 0 Å². The summed E-state index contributed by atoms with van der Waals surface area (Å²) in [6.07, 6.45) is 6.87. The largest absolute Gasteiger partial charge is 0.325 e. The number of nitrogens with one attached hydrogen (secondary N) is 2. The maximum Gasteiger partial charge on any atom is 0.241 e. The van der Waals surface area contributed by atoms with Crippen LogP contribution in [0.15, 0.2) is 53.7 Å². The molecule has 1 aromatic heterocycles. The van der Waals surface area contributed by atoms with Crippen LogP contribution in [0.5, 0.6) is 0 Å². The van der Waals surface area contributed by atoms with E-state index in [1.165, 1.54) is 10.5 Å². The van der Waals surface area contributed by atoms with Gasteiger partial charge >= 0.3 is 0 Å². The lowest BCUT2D eigenvalue weighted by Gasteiger charge is -2.22. The lowest BCUT2D eigenvalue weighted by molar-refractivity contribution is -0.118. The molecule has 0 bridgehead atoms. The van der Waals surface area contributed by atoms with Crippen molar-refractivity contribution >= 4 is 23.4 Å². The highest BCUT2D eigenvalue weighted by atomic mass is 32.2. The Kier molecular flexibility index (Phi) is 5.66. The molecule has 2 N–H and O–H groups in total. The zero-order valence-corrected chi connectivity index (χ0v) is 13.8. The molecule has 0 radical (unpaired) electrons. The van der Waals surface area contributed by atoms with Gasteiger partial charge in [-0.25, -0.2) is 0 Å². The number of carbonyl (C=O) groups excluding carboxylic acids is 1. The minimum atomic E-state index is -0.0524. The second-order valence-corrected chi connectivity index (χ2v) is 6.71. The van der Waals surface area contributed by atoms with E-state index in [1.54, 1.807) is 18.0 Å². The molecule has 0 spiro atoms. The van der Waals surface area contributed by atoms with Crippen molar-refractivity contribution in [3.8, 4) is 0 Å². The zero-order chi connectivity index (χ0) is 15.9. The molecule has 0 aliphatic carbocycles. The number of anilines is 1. The second-order valence-electron chi connectivity index (χ2n) is 5.67. The van der Waals surface area contributed by atoms with Crippen molar-refractivity contribution in [1.82, 2.24) is 10.3 Å². The van der Waals surface area contributed by atoms with Crippen LogP contribution in [0.1, 0.15) is 24.8 Å². The van der Waals surface area contributed by atoms with E-state index in [0.29, 0.717) is 0 Å². The van der Waals surface area contributed by atoms with E-state index in [2.05, 4.69) is 21.7 Å². The van der Waals surface area contributed by atoms with Crippen LogP contribution in [0.4, 0.5) is 5.69 Å². The maximum absolute atomic E-state index is 12.2. The monoisotopic (exact) mass is 327 g/mol. The van der Waals surface area contributed by atoms with Crippen LogP contribution in [0, 0.1) is 0 Å². The van der Waals surface area contributed by atoms with E-state index < -0.39 is 0 Å².